The van der Waals surface area contributed by atoms with Crippen molar-refractivity contribution >= 4 is 11.9 Å². The second kappa shape index (κ2) is 7.07. The highest BCUT2D eigenvalue weighted by Crippen LogP contribution is 2.32. The average Bonchev–Trinajstić information content (AvgIpc) is 3.27. The van der Waals surface area contributed by atoms with Crippen molar-refractivity contribution in [2.24, 2.45) is 11.8 Å². The molecule has 2 atom stereocenters. The van der Waals surface area contributed by atoms with Gasteiger partial charge in [-0.25, -0.2) is 0 Å². The Morgan fingerprint density at radius 2 is 1.92 bits per heavy atom. The van der Waals surface area contributed by atoms with Gasteiger partial charge in [0.15, 0.2) is 11.5 Å². The van der Waals surface area contributed by atoms with Gasteiger partial charge in [-0.1, -0.05) is 6.92 Å². The number of benzene rings is 1. The standard InChI is InChI=1S/C18H21N3O5/c1-10-8-21(9-12(10)18(23)24)17(22)14-7-13(19-20-14)11-4-5-15(25-2)16(6-11)26-3/h4-7,10,12H,8-9H2,1-3H3,(H,19,20)(H,23,24)/t10-,12-/m1/s1. The van der Waals surface area contributed by atoms with Gasteiger partial charge in [-0.3, -0.25) is 14.7 Å². The molecule has 1 aromatic carbocycles. The number of ether oxygens (including phenoxy) is 2. The van der Waals surface area contributed by atoms with Crippen molar-refractivity contribution in [1.29, 1.82) is 0 Å². The maximum atomic E-state index is 12.6. The predicted octanol–water partition coefficient (Wildman–Crippen LogP) is 1.89. The number of H-pyrrole nitrogens is 1. The molecule has 0 aliphatic carbocycles. The summed E-state index contributed by atoms with van der Waals surface area (Å²) in [5, 5.41) is 16.2. The van der Waals surface area contributed by atoms with E-state index in [9.17, 15) is 14.7 Å². The minimum Gasteiger partial charge on any atom is -0.493 e. The summed E-state index contributed by atoms with van der Waals surface area (Å²) >= 11 is 0. The van der Waals surface area contributed by atoms with E-state index in [0.717, 1.165) is 5.56 Å². The molecular weight excluding hydrogens is 338 g/mol. The third-order valence-corrected chi connectivity index (χ3v) is 4.70. The fourth-order valence-electron chi connectivity index (χ4n) is 3.20. The summed E-state index contributed by atoms with van der Waals surface area (Å²) in [6.07, 6.45) is 0. The lowest BCUT2D eigenvalue weighted by Gasteiger charge is -2.14. The number of carboxylic acids is 1. The Morgan fingerprint density at radius 1 is 1.19 bits per heavy atom. The zero-order chi connectivity index (χ0) is 18.8. The molecule has 0 saturated carbocycles. The number of nitrogens with zero attached hydrogens (tertiary/aromatic N) is 2. The number of aromatic amines is 1. The van der Waals surface area contributed by atoms with Gasteiger partial charge >= 0.3 is 5.97 Å². The lowest BCUT2D eigenvalue weighted by Crippen LogP contribution is -2.30. The first kappa shape index (κ1) is 17.8. The van der Waals surface area contributed by atoms with Crippen molar-refractivity contribution in [3.05, 3.63) is 30.0 Å². The number of hydrogen-bond acceptors (Lipinski definition) is 5. The first-order valence-electron chi connectivity index (χ1n) is 8.24. The lowest BCUT2D eigenvalue weighted by molar-refractivity contribution is -0.142. The molecule has 8 nitrogen and oxygen atoms in total. The van der Waals surface area contributed by atoms with E-state index in [4.69, 9.17) is 9.47 Å². The summed E-state index contributed by atoms with van der Waals surface area (Å²) in [7, 11) is 3.11. The molecule has 3 rings (SSSR count). The monoisotopic (exact) mass is 359 g/mol. The van der Waals surface area contributed by atoms with Crippen molar-refractivity contribution in [2.75, 3.05) is 27.3 Å². The summed E-state index contributed by atoms with van der Waals surface area (Å²) in [6.45, 7) is 2.47. The van der Waals surface area contributed by atoms with E-state index in [-0.39, 0.29) is 18.4 Å². The van der Waals surface area contributed by atoms with E-state index < -0.39 is 11.9 Å². The Hall–Kier alpha value is -3.03. The van der Waals surface area contributed by atoms with Crippen LogP contribution in [0.25, 0.3) is 11.3 Å². The zero-order valence-corrected chi connectivity index (χ0v) is 14.9. The van der Waals surface area contributed by atoms with Gasteiger partial charge in [-0.2, -0.15) is 5.10 Å². The fourth-order valence-corrected chi connectivity index (χ4v) is 3.20. The topological polar surface area (TPSA) is 105 Å². The molecule has 8 heteroatoms. The molecule has 1 aliphatic heterocycles. The molecule has 1 amide bonds. The smallest absolute Gasteiger partial charge is 0.308 e. The van der Waals surface area contributed by atoms with Gasteiger partial charge < -0.3 is 19.5 Å². The van der Waals surface area contributed by atoms with Crippen LogP contribution in [-0.2, 0) is 4.79 Å². The number of aromatic nitrogens is 2. The molecular formula is C18H21N3O5. The van der Waals surface area contributed by atoms with Crippen LogP contribution in [0.2, 0.25) is 0 Å². The van der Waals surface area contributed by atoms with Crippen molar-refractivity contribution < 1.29 is 24.2 Å². The molecule has 0 unspecified atom stereocenters. The fraction of sp³-hybridized carbons (Fsp3) is 0.389. The van der Waals surface area contributed by atoms with E-state index in [1.54, 1.807) is 37.3 Å². The minimum absolute atomic E-state index is 0.0790. The zero-order valence-electron chi connectivity index (χ0n) is 14.9. The molecule has 2 aromatic rings. The third kappa shape index (κ3) is 3.22. The Morgan fingerprint density at radius 3 is 2.54 bits per heavy atom. The first-order valence-corrected chi connectivity index (χ1v) is 8.24. The number of nitrogens with one attached hydrogen (secondary N) is 1. The second-order valence-corrected chi connectivity index (χ2v) is 6.37. The molecule has 26 heavy (non-hydrogen) atoms. The van der Waals surface area contributed by atoms with Gasteiger partial charge in [0.2, 0.25) is 0 Å². The van der Waals surface area contributed by atoms with Crippen LogP contribution in [0.15, 0.2) is 24.3 Å². The predicted molar refractivity (Wildman–Crippen MR) is 93.3 cm³/mol. The Kier molecular flexibility index (Phi) is 4.83. The third-order valence-electron chi connectivity index (χ3n) is 4.70. The Bertz CT molecular complexity index is 832. The Labute approximate surface area is 150 Å². The highest BCUT2D eigenvalue weighted by atomic mass is 16.5. The van der Waals surface area contributed by atoms with Crippen molar-refractivity contribution in [3.8, 4) is 22.8 Å². The molecule has 2 heterocycles. The summed E-state index contributed by atoms with van der Waals surface area (Å²) in [5.74, 6) is -0.562. The molecule has 0 radical (unpaired) electrons. The lowest BCUT2D eigenvalue weighted by atomic mass is 9.99. The van der Waals surface area contributed by atoms with Crippen LogP contribution < -0.4 is 9.47 Å². The van der Waals surface area contributed by atoms with Crippen LogP contribution >= 0.6 is 0 Å². The normalized spacial score (nSPS) is 19.4. The molecule has 1 aliphatic rings. The molecule has 0 spiro atoms. The number of aliphatic carboxylic acids is 1. The van der Waals surface area contributed by atoms with E-state index >= 15 is 0 Å². The highest BCUT2D eigenvalue weighted by Gasteiger charge is 2.37. The quantitative estimate of drug-likeness (QED) is 0.845. The molecule has 1 fully saturated rings. The van der Waals surface area contributed by atoms with E-state index in [1.807, 2.05) is 13.0 Å². The van der Waals surface area contributed by atoms with E-state index in [1.165, 1.54) is 0 Å². The van der Waals surface area contributed by atoms with Crippen molar-refractivity contribution in [2.45, 2.75) is 6.92 Å². The maximum Gasteiger partial charge on any atom is 0.308 e. The van der Waals surface area contributed by atoms with Crippen molar-refractivity contribution in [3.63, 3.8) is 0 Å². The van der Waals surface area contributed by atoms with Crippen LogP contribution in [0.3, 0.4) is 0 Å². The van der Waals surface area contributed by atoms with Gasteiger partial charge in [0.05, 0.1) is 25.8 Å². The number of likely N-dealkylation sites (tertiary alicyclic amines) is 1. The number of hydrogen-bond donors (Lipinski definition) is 2. The number of carbonyl (C=O) groups excluding carboxylic acids is 1. The number of amides is 1. The number of carbonyl (C=O) groups is 2. The minimum atomic E-state index is -0.872. The molecule has 0 bridgehead atoms. The molecule has 138 valence electrons. The summed E-state index contributed by atoms with van der Waals surface area (Å²) < 4.78 is 10.5. The van der Waals surface area contributed by atoms with Crippen LogP contribution in [0.5, 0.6) is 11.5 Å². The van der Waals surface area contributed by atoms with Gasteiger partial charge in [0.1, 0.15) is 5.69 Å². The van der Waals surface area contributed by atoms with Gasteiger partial charge in [-0.05, 0) is 30.2 Å². The SMILES string of the molecule is COc1ccc(-c2cc(C(=O)N3C[C@@H](C)[C@H](C(=O)O)C3)[nH]n2)cc1OC. The van der Waals surface area contributed by atoms with Crippen LogP contribution in [-0.4, -0.2) is 59.4 Å². The number of carboxylic acid groups (broad SMARTS) is 1. The first-order chi connectivity index (χ1) is 12.4. The molecule has 2 N–H and O–H groups in total. The average molecular weight is 359 g/mol. The highest BCUT2D eigenvalue weighted by molar-refractivity contribution is 5.94. The van der Waals surface area contributed by atoms with Gasteiger partial charge in [0, 0.05) is 18.7 Å². The molecule has 1 saturated heterocycles. The van der Waals surface area contributed by atoms with E-state index in [0.29, 0.717) is 29.4 Å². The van der Waals surface area contributed by atoms with Gasteiger partial charge in [-0.15, -0.1) is 0 Å². The van der Waals surface area contributed by atoms with E-state index in [2.05, 4.69) is 10.2 Å². The van der Waals surface area contributed by atoms with Crippen LogP contribution in [0, 0.1) is 11.8 Å². The second-order valence-electron chi connectivity index (χ2n) is 6.37. The number of rotatable bonds is 5. The summed E-state index contributed by atoms with van der Waals surface area (Å²) in [4.78, 5) is 25.4. The maximum absolute atomic E-state index is 12.6. The molecule has 1 aromatic heterocycles. The summed E-state index contributed by atoms with van der Waals surface area (Å²) in [5.41, 5.74) is 1.69. The van der Waals surface area contributed by atoms with Crippen LogP contribution in [0.1, 0.15) is 17.4 Å². The van der Waals surface area contributed by atoms with Crippen molar-refractivity contribution in [1.82, 2.24) is 15.1 Å². The van der Waals surface area contributed by atoms with Gasteiger partial charge in [0.25, 0.3) is 5.91 Å². The Balaban J connectivity index is 1.80. The van der Waals surface area contributed by atoms with Crippen LogP contribution in [0.4, 0.5) is 0 Å². The number of methoxy groups -OCH3 is 2. The summed E-state index contributed by atoms with van der Waals surface area (Å²) in [6, 6.07) is 7.03. The largest absolute Gasteiger partial charge is 0.493 e.